The average Bonchev–Trinajstić information content (AvgIpc) is 2.65. The van der Waals surface area contributed by atoms with Gasteiger partial charge in [-0.15, -0.1) is 0 Å². The highest BCUT2D eigenvalue weighted by molar-refractivity contribution is 9.10. The van der Waals surface area contributed by atoms with Crippen molar-refractivity contribution in [1.82, 2.24) is 4.31 Å². The molecule has 9 nitrogen and oxygen atoms in total. The number of nitrogens with zero attached hydrogens (tertiary/aromatic N) is 1. The molecular weight excluding hydrogens is 490 g/mol. The first-order valence-corrected chi connectivity index (χ1v) is 10.9. The Morgan fingerprint density at radius 2 is 1.62 bits per heavy atom. The van der Waals surface area contributed by atoms with Crippen LogP contribution in [-0.4, -0.2) is 60.4 Å². The quantitative estimate of drug-likeness (QED) is 0.347. The van der Waals surface area contributed by atoms with Crippen molar-refractivity contribution in [2.24, 2.45) is 0 Å². The SMILES string of the molecule is O=C(Nc1ccccc1Br)Nc1ccc(Cl)c(S(=O)(=O)N(CCO)CCO)c1O. The summed E-state index contributed by atoms with van der Waals surface area (Å²) in [5.74, 6) is -0.763. The van der Waals surface area contributed by atoms with Gasteiger partial charge >= 0.3 is 6.03 Å². The zero-order valence-electron chi connectivity index (χ0n) is 15.0. The minimum Gasteiger partial charge on any atom is -0.504 e. The number of sulfonamides is 1. The monoisotopic (exact) mass is 507 g/mol. The largest absolute Gasteiger partial charge is 0.504 e. The first-order valence-electron chi connectivity index (χ1n) is 8.28. The molecule has 0 fully saturated rings. The molecule has 0 atom stereocenters. The van der Waals surface area contributed by atoms with E-state index in [0.717, 1.165) is 4.31 Å². The molecule has 5 N–H and O–H groups in total. The summed E-state index contributed by atoms with van der Waals surface area (Å²) >= 11 is 9.27. The van der Waals surface area contributed by atoms with Crippen LogP contribution in [0.2, 0.25) is 5.02 Å². The Bertz CT molecular complexity index is 983. The molecule has 158 valence electrons. The van der Waals surface area contributed by atoms with E-state index >= 15 is 0 Å². The number of aliphatic hydroxyl groups excluding tert-OH is 2. The van der Waals surface area contributed by atoms with Crippen LogP contribution in [0.3, 0.4) is 0 Å². The summed E-state index contributed by atoms with van der Waals surface area (Å²) in [6.07, 6.45) is 0. The molecule has 0 saturated heterocycles. The summed E-state index contributed by atoms with van der Waals surface area (Å²) in [5.41, 5.74) is 0.272. The molecule has 2 rings (SSSR count). The molecule has 29 heavy (non-hydrogen) atoms. The molecule has 2 amide bonds. The number of carbonyl (C=O) groups is 1. The second-order valence-electron chi connectivity index (χ2n) is 5.68. The van der Waals surface area contributed by atoms with Crippen LogP contribution in [0, 0.1) is 0 Å². The Labute approximate surface area is 181 Å². The van der Waals surface area contributed by atoms with Crippen LogP contribution in [0.15, 0.2) is 45.8 Å². The number of phenols is 1. The van der Waals surface area contributed by atoms with Gasteiger partial charge in [-0.25, -0.2) is 13.2 Å². The van der Waals surface area contributed by atoms with E-state index in [0.29, 0.717) is 10.2 Å². The van der Waals surface area contributed by atoms with Crippen molar-refractivity contribution in [2.45, 2.75) is 4.90 Å². The van der Waals surface area contributed by atoms with Gasteiger partial charge in [-0.05, 0) is 40.2 Å². The molecule has 2 aromatic rings. The van der Waals surface area contributed by atoms with E-state index in [1.54, 1.807) is 24.3 Å². The molecule has 0 spiro atoms. The van der Waals surface area contributed by atoms with Gasteiger partial charge in [-0.2, -0.15) is 4.31 Å². The fourth-order valence-electron chi connectivity index (χ4n) is 2.44. The summed E-state index contributed by atoms with van der Waals surface area (Å²) in [6.45, 7) is -1.61. The van der Waals surface area contributed by atoms with E-state index in [1.165, 1.54) is 12.1 Å². The van der Waals surface area contributed by atoms with Gasteiger partial charge in [0, 0.05) is 17.6 Å². The molecule has 0 aliphatic carbocycles. The summed E-state index contributed by atoms with van der Waals surface area (Å²) in [4.78, 5) is 11.6. The van der Waals surface area contributed by atoms with Crippen molar-refractivity contribution in [3.05, 3.63) is 45.9 Å². The number of amides is 2. The summed E-state index contributed by atoms with van der Waals surface area (Å²) in [5, 5.41) is 33.3. The number of aromatic hydroxyl groups is 1. The summed E-state index contributed by atoms with van der Waals surface area (Å²) in [6, 6.07) is 8.57. The molecule has 12 heteroatoms. The normalized spacial score (nSPS) is 11.5. The lowest BCUT2D eigenvalue weighted by Gasteiger charge is -2.22. The highest BCUT2D eigenvalue weighted by atomic mass is 79.9. The van der Waals surface area contributed by atoms with Gasteiger partial charge in [0.25, 0.3) is 0 Å². The van der Waals surface area contributed by atoms with Gasteiger partial charge in [-0.3, -0.25) is 0 Å². The van der Waals surface area contributed by atoms with E-state index in [9.17, 15) is 18.3 Å². The minimum absolute atomic E-state index is 0.189. The van der Waals surface area contributed by atoms with E-state index in [2.05, 4.69) is 26.6 Å². The van der Waals surface area contributed by atoms with E-state index in [1.807, 2.05) is 0 Å². The molecule has 0 unspecified atom stereocenters. The smallest absolute Gasteiger partial charge is 0.323 e. The number of para-hydroxylation sites is 1. The lowest BCUT2D eigenvalue weighted by Crippen LogP contribution is -2.36. The molecule has 0 aliphatic heterocycles. The van der Waals surface area contributed by atoms with Gasteiger partial charge in [0.15, 0.2) is 5.75 Å². The third-order valence-corrected chi connectivity index (χ3v) is 6.84. The molecule has 0 aliphatic rings. The Kier molecular flexibility index (Phi) is 8.25. The van der Waals surface area contributed by atoms with Crippen LogP contribution in [0.4, 0.5) is 16.2 Å². The average molecular weight is 509 g/mol. The molecule has 0 aromatic heterocycles. The maximum atomic E-state index is 12.9. The first-order chi connectivity index (χ1) is 13.7. The van der Waals surface area contributed by atoms with E-state index < -0.39 is 39.9 Å². The number of urea groups is 1. The highest BCUT2D eigenvalue weighted by Crippen LogP contribution is 2.38. The number of aliphatic hydroxyl groups is 2. The number of carbonyl (C=O) groups excluding carboxylic acids is 1. The number of phenolic OH excluding ortho intramolecular Hbond substituents is 1. The fraction of sp³-hybridized carbons (Fsp3) is 0.235. The number of anilines is 2. The molecular formula is C17H19BrClN3O6S. The maximum Gasteiger partial charge on any atom is 0.323 e. The third-order valence-electron chi connectivity index (χ3n) is 3.75. The number of halogens is 2. The van der Waals surface area contributed by atoms with Gasteiger partial charge < -0.3 is 26.0 Å². The Hall–Kier alpha value is -1.89. The standard InChI is InChI=1S/C17H19BrClN3O6S/c18-11-3-1-2-4-13(11)20-17(26)21-14-6-5-12(19)16(15(14)25)29(27,28)22(7-9-23)8-10-24/h1-6,23-25H,7-10H2,(H2,20,21,26). The van der Waals surface area contributed by atoms with Crippen LogP contribution in [0.5, 0.6) is 5.75 Å². The first kappa shape index (κ1) is 23.4. The van der Waals surface area contributed by atoms with Crippen LogP contribution < -0.4 is 10.6 Å². The number of benzene rings is 2. The van der Waals surface area contributed by atoms with E-state index in [4.69, 9.17) is 21.8 Å². The van der Waals surface area contributed by atoms with Crippen molar-refractivity contribution in [3.8, 4) is 5.75 Å². The second-order valence-corrected chi connectivity index (χ2v) is 8.82. The lowest BCUT2D eigenvalue weighted by atomic mass is 10.3. The zero-order valence-corrected chi connectivity index (χ0v) is 18.1. The second kappa shape index (κ2) is 10.2. The van der Waals surface area contributed by atoms with Crippen molar-refractivity contribution >= 4 is 55.0 Å². The van der Waals surface area contributed by atoms with Crippen molar-refractivity contribution < 1.29 is 28.5 Å². The molecule has 0 heterocycles. The molecule has 0 saturated carbocycles. The predicted octanol–water partition coefficient (Wildman–Crippen LogP) is 2.43. The Morgan fingerprint density at radius 3 is 2.21 bits per heavy atom. The number of hydrogen-bond acceptors (Lipinski definition) is 6. The number of hydrogen-bond donors (Lipinski definition) is 5. The van der Waals surface area contributed by atoms with Crippen LogP contribution >= 0.6 is 27.5 Å². The topological polar surface area (TPSA) is 139 Å². The van der Waals surface area contributed by atoms with Gasteiger partial charge in [0.05, 0.1) is 29.6 Å². The summed E-state index contributed by atoms with van der Waals surface area (Å²) in [7, 11) is -4.36. The van der Waals surface area contributed by atoms with Gasteiger partial charge in [0.1, 0.15) is 4.90 Å². The zero-order chi connectivity index (χ0) is 21.6. The maximum absolute atomic E-state index is 12.9. The predicted molar refractivity (Wildman–Crippen MR) is 113 cm³/mol. The number of nitrogens with one attached hydrogen (secondary N) is 2. The van der Waals surface area contributed by atoms with Gasteiger partial charge in [0.2, 0.25) is 10.0 Å². The molecule has 0 bridgehead atoms. The third kappa shape index (κ3) is 5.59. The number of rotatable bonds is 8. The Morgan fingerprint density at radius 1 is 1.03 bits per heavy atom. The van der Waals surface area contributed by atoms with E-state index in [-0.39, 0.29) is 23.8 Å². The van der Waals surface area contributed by atoms with Gasteiger partial charge in [-0.1, -0.05) is 23.7 Å². The summed E-state index contributed by atoms with van der Waals surface area (Å²) < 4.78 is 27.1. The lowest BCUT2D eigenvalue weighted by molar-refractivity contribution is 0.217. The van der Waals surface area contributed by atoms with Crippen molar-refractivity contribution in [1.29, 1.82) is 0 Å². The van der Waals surface area contributed by atoms with Crippen LogP contribution in [-0.2, 0) is 10.0 Å². The Balaban J connectivity index is 2.35. The van der Waals surface area contributed by atoms with Crippen LogP contribution in [0.25, 0.3) is 0 Å². The fourth-order valence-corrected chi connectivity index (χ4v) is 4.84. The molecule has 2 aromatic carbocycles. The van der Waals surface area contributed by atoms with Crippen LogP contribution in [0.1, 0.15) is 0 Å². The minimum atomic E-state index is -4.36. The molecule has 0 radical (unpaired) electrons. The van der Waals surface area contributed by atoms with Crippen molar-refractivity contribution in [2.75, 3.05) is 36.9 Å². The van der Waals surface area contributed by atoms with Crippen molar-refractivity contribution in [3.63, 3.8) is 0 Å². The highest BCUT2D eigenvalue weighted by Gasteiger charge is 2.31.